The Kier molecular flexibility index (Phi) is 5.56. The number of amides is 2. The van der Waals surface area contributed by atoms with E-state index in [4.69, 9.17) is 23.8 Å². The highest BCUT2D eigenvalue weighted by molar-refractivity contribution is 7.80. The van der Waals surface area contributed by atoms with Gasteiger partial charge in [0, 0.05) is 29.8 Å². The Morgan fingerprint density at radius 2 is 2.04 bits per heavy atom. The van der Waals surface area contributed by atoms with E-state index in [1.807, 2.05) is 12.1 Å². The lowest BCUT2D eigenvalue weighted by Crippen LogP contribution is -2.52. The molecule has 2 aliphatic rings. The van der Waals surface area contributed by atoms with Crippen LogP contribution >= 0.6 is 23.8 Å². The molecule has 1 unspecified atom stereocenters. The maximum atomic E-state index is 12.5. The summed E-state index contributed by atoms with van der Waals surface area (Å²) in [5, 5.41) is 3.16. The summed E-state index contributed by atoms with van der Waals surface area (Å²) >= 11 is 11.6. The zero-order chi connectivity index (χ0) is 20.8. The molecule has 5 nitrogen and oxygen atoms in total. The number of hydrogen-bond donors (Lipinski definition) is 1. The van der Waals surface area contributed by atoms with Crippen molar-refractivity contribution in [2.24, 2.45) is 0 Å². The highest BCUT2D eigenvalue weighted by Crippen LogP contribution is 2.45. The molecule has 150 valence electrons. The quantitative estimate of drug-likeness (QED) is 0.455. The average molecular weight is 420 g/mol. The molecule has 0 aromatic heterocycles. The number of hydrogen-bond acceptors (Lipinski definition) is 4. The molecule has 2 amide bonds. The van der Waals surface area contributed by atoms with Crippen molar-refractivity contribution in [2.45, 2.75) is 52.0 Å². The molecule has 7 heteroatoms. The minimum Gasteiger partial charge on any atom is -0.366 e. The van der Waals surface area contributed by atoms with Crippen LogP contribution in [0.25, 0.3) is 6.08 Å². The SMILES string of the molecule is CCCN1c2cc(Cl)c(/C=C3/C(=O)NC(=S)N(C)C3=O)cc2C(C)CC1(C)C. The number of nitrogens with zero attached hydrogens (tertiary/aromatic N) is 2. The minimum absolute atomic E-state index is 0.0344. The van der Waals surface area contributed by atoms with Gasteiger partial charge < -0.3 is 4.90 Å². The van der Waals surface area contributed by atoms with Gasteiger partial charge in [0.1, 0.15) is 5.57 Å². The Labute approximate surface area is 176 Å². The van der Waals surface area contributed by atoms with Gasteiger partial charge in [-0.3, -0.25) is 19.8 Å². The molecule has 2 aliphatic heterocycles. The molecular weight excluding hydrogens is 394 g/mol. The predicted molar refractivity (Wildman–Crippen MR) is 118 cm³/mol. The van der Waals surface area contributed by atoms with Gasteiger partial charge >= 0.3 is 0 Å². The van der Waals surface area contributed by atoms with Crippen LogP contribution in [0.15, 0.2) is 17.7 Å². The van der Waals surface area contributed by atoms with Gasteiger partial charge in [-0.2, -0.15) is 0 Å². The third-order valence-electron chi connectivity index (χ3n) is 5.56. The zero-order valence-electron chi connectivity index (χ0n) is 16.9. The van der Waals surface area contributed by atoms with Crippen LogP contribution in [0.1, 0.15) is 57.6 Å². The van der Waals surface area contributed by atoms with Gasteiger partial charge in [0.15, 0.2) is 5.11 Å². The number of thiocarbonyl (C=S) groups is 1. The summed E-state index contributed by atoms with van der Waals surface area (Å²) in [6.07, 6.45) is 3.63. The van der Waals surface area contributed by atoms with Crippen molar-refractivity contribution in [1.29, 1.82) is 0 Å². The monoisotopic (exact) mass is 419 g/mol. The maximum Gasteiger partial charge on any atom is 0.265 e. The summed E-state index contributed by atoms with van der Waals surface area (Å²) in [4.78, 5) is 28.4. The van der Waals surface area contributed by atoms with E-state index in [1.54, 1.807) is 13.1 Å². The molecule has 1 atom stereocenters. The second-order valence-corrected chi connectivity index (χ2v) is 8.98. The average Bonchev–Trinajstić information content (AvgIpc) is 2.60. The van der Waals surface area contributed by atoms with E-state index in [1.165, 1.54) is 10.5 Å². The van der Waals surface area contributed by atoms with E-state index in [2.05, 4.69) is 37.9 Å². The number of benzene rings is 1. The topological polar surface area (TPSA) is 52.7 Å². The number of rotatable bonds is 3. The third-order valence-corrected chi connectivity index (χ3v) is 6.26. The van der Waals surface area contributed by atoms with Crippen molar-refractivity contribution >= 4 is 52.5 Å². The maximum absolute atomic E-state index is 12.5. The number of nitrogens with one attached hydrogen (secondary N) is 1. The molecule has 0 radical (unpaired) electrons. The van der Waals surface area contributed by atoms with Crippen LogP contribution in [-0.4, -0.2) is 41.0 Å². The first kappa shape index (κ1) is 20.8. The van der Waals surface area contributed by atoms with E-state index in [0.717, 1.165) is 25.1 Å². The largest absolute Gasteiger partial charge is 0.366 e. The van der Waals surface area contributed by atoms with Crippen molar-refractivity contribution in [3.63, 3.8) is 0 Å². The number of carbonyl (C=O) groups is 2. The minimum atomic E-state index is -0.497. The molecule has 28 heavy (non-hydrogen) atoms. The van der Waals surface area contributed by atoms with Gasteiger partial charge in [-0.1, -0.05) is 25.4 Å². The standard InChI is InChI=1S/C21H26ClN3O2S/c1-6-7-25-17-10-16(22)13(8-14(17)12(2)11-21(25,3)4)9-15-18(26)23-20(28)24(5)19(15)27/h8-10,12H,6-7,11H2,1-5H3,(H,23,26,28)/b15-9-. The van der Waals surface area contributed by atoms with Crippen LogP contribution in [-0.2, 0) is 9.59 Å². The second-order valence-electron chi connectivity index (χ2n) is 8.18. The normalized spacial score (nSPS) is 23.1. The Bertz CT molecular complexity index is 894. The zero-order valence-corrected chi connectivity index (χ0v) is 18.5. The van der Waals surface area contributed by atoms with E-state index in [-0.39, 0.29) is 16.2 Å². The lowest BCUT2D eigenvalue weighted by atomic mass is 9.79. The summed E-state index contributed by atoms with van der Waals surface area (Å²) < 4.78 is 0. The number of fused-ring (bicyclic) bond motifs is 1. The first-order chi connectivity index (χ1) is 13.1. The Hall–Kier alpha value is -1.92. The van der Waals surface area contributed by atoms with Crippen LogP contribution in [0, 0.1) is 0 Å². The molecule has 0 saturated carbocycles. The van der Waals surface area contributed by atoms with Gasteiger partial charge in [-0.05, 0) is 74.2 Å². The number of anilines is 1. The molecule has 1 fully saturated rings. The molecule has 0 spiro atoms. The fourth-order valence-corrected chi connectivity index (χ4v) is 4.57. The fourth-order valence-electron chi connectivity index (χ4n) is 4.18. The third kappa shape index (κ3) is 3.55. The van der Waals surface area contributed by atoms with Crippen LogP contribution in [0.4, 0.5) is 5.69 Å². The smallest absolute Gasteiger partial charge is 0.265 e. The Balaban J connectivity index is 2.09. The molecule has 1 aromatic carbocycles. The molecule has 0 bridgehead atoms. The molecular formula is C21H26ClN3O2S. The number of carbonyl (C=O) groups excluding carboxylic acids is 2. The van der Waals surface area contributed by atoms with Crippen molar-refractivity contribution < 1.29 is 9.59 Å². The van der Waals surface area contributed by atoms with Crippen molar-refractivity contribution in [1.82, 2.24) is 10.2 Å². The lowest BCUT2D eigenvalue weighted by molar-refractivity contribution is -0.128. The van der Waals surface area contributed by atoms with Crippen molar-refractivity contribution in [3.8, 4) is 0 Å². The van der Waals surface area contributed by atoms with Crippen molar-refractivity contribution in [2.75, 3.05) is 18.5 Å². The summed E-state index contributed by atoms with van der Waals surface area (Å²) in [6.45, 7) is 9.85. The molecule has 1 N–H and O–H groups in total. The summed E-state index contributed by atoms with van der Waals surface area (Å²) in [7, 11) is 1.54. The first-order valence-electron chi connectivity index (χ1n) is 9.53. The number of likely N-dealkylation sites (N-methyl/N-ethyl adjacent to an activating group) is 1. The summed E-state index contributed by atoms with van der Waals surface area (Å²) in [5.41, 5.74) is 3.07. The first-order valence-corrected chi connectivity index (χ1v) is 10.3. The van der Waals surface area contributed by atoms with Crippen molar-refractivity contribution in [3.05, 3.63) is 33.9 Å². The summed E-state index contributed by atoms with van der Waals surface area (Å²) in [5.74, 6) is -0.577. The Morgan fingerprint density at radius 1 is 1.36 bits per heavy atom. The summed E-state index contributed by atoms with van der Waals surface area (Å²) in [6, 6.07) is 3.98. The van der Waals surface area contributed by atoms with Gasteiger partial charge in [0.2, 0.25) is 0 Å². The fraction of sp³-hybridized carbons (Fsp3) is 0.476. The highest BCUT2D eigenvalue weighted by Gasteiger charge is 2.37. The van der Waals surface area contributed by atoms with E-state index in [0.29, 0.717) is 16.5 Å². The lowest BCUT2D eigenvalue weighted by Gasteiger charge is -2.47. The Morgan fingerprint density at radius 3 is 2.68 bits per heavy atom. The van der Waals surface area contributed by atoms with Crippen LogP contribution in [0.5, 0.6) is 0 Å². The highest BCUT2D eigenvalue weighted by atomic mass is 35.5. The van der Waals surface area contributed by atoms with Crippen LogP contribution in [0.2, 0.25) is 5.02 Å². The molecule has 2 heterocycles. The van der Waals surface area contributed by atoms with Crippen LogP contribution < -0.4 is 10.2 Å². The molecule has 3 rings (SSSR count). The van der Waals surface area contributed by atoms with Gasteiger partial charge in [-0.15, -0.1) is 0 Å². The van der Waals surface area contributed by atoms with Crippen LogP contribution in [0.3, 0.4) is 0 Å². The van der Waals surface area contributed by atoms with E-state index in [9.17, 15) is 9.59 Å². The van der Waals surface area contributed by atoms with Gasteiger partial charge in [0.25, 0.3) is 11.8 Å². The number of halogens is 1. The molecule has 1 saturated heterocycles. The van der Waals surface area contributed by atoms with Gasteiger partial charge in [-0.25, -0.2) is 0 Å². The predicted octanol–water partition coefficient (Wildman–Crippen LogP) is 4.10. The molecule has 1 aromatic rings. The second kappa shape index (κ2) is 7.48. The van der Waals surface area contributed by atoms with Gasteiger partial charge in [0.05, 0.1) is 0 Å². The van der Waals surface area contributed by atoms with E-state index >= 15 is 0 Å². The van der Waals surface area contributed by atoms with E-state index < -0.39 is 11.8 Å². The molecule has 0 aliphatic carbocycles.